The number of fused-ring (bicyclic) bond motifs is 1. The van der Waals surface area contributed by atoms with Crippen LogP contribution < -0.4 is 10.5 Å². The number of furan rings is 1. The van der Waals surface area contributed by atoms with Crippen LogP contribution in [0.25, 0.3) is 11.0 Å². The van der Waals surface area contributed by atoms with E-state index in [1.54, 1.807) is 29.4 Å². The third-order valence-electron chi connectivity index (χ3n) is 5.11. The lowest BCUT2D eigenvalue weighted by atomic mass is 9.96. The quantitative estimate of drug-likeness (QED) is 0.718. The van der Waals surface area contributed by atoms with Crippen molar-refractivity contribution in [2.24, 2.45) is 5.92 Å². The molecule has 0 atom stereocenters. The molecule has 0 amide bonds. The molecule has 0 radical (unpaired) electrons. The van der Waals surface area contributed by atoms with Crippen LogP contribution in [-0.2, 0) is 6.54 Å². The van der Waals surface area contributed by atoms with Gasteiger partial charge in [0.05, 0.1) is 24.5 Å². The monoisotopic (exact) mass is 353 g/mol. The van der Waals surface area contributed by atoms with Crippen LogP contribution in [0.2, 0.25) is 0 Å². The minimum absolute atomic E-state index is 0.0392. The molecule has 0 bridgehead atoms. The molecule has 7 heteroatoms. The maximum atomic E-state index is 12.3. The van der Waals surface area contributed by atoms with E-state index in [0.29, 0.717) is 12.5 Å². The molecule has 1 aliphatic heterocycles. The van der Waals surface area contributed by atoms with Gasteiger partial charge in [0, 0.05) is 31.1 Å². The minimum Gasteiger partial charge on any atom is -0.460 e. The van der Waals surface area contributed by atoms with Gasteiger partial charge in [0.2, 0.25) is 0 Å². The molecule has 136 valence electrons. The largest absolute Gasteiger partial charge is 0.460 e. The van der Waals surface area contributed by atoms with Crippen LogP contribution in [-0.4, -0.2) is 32.8 Å². The average Bonchev–Trinajstić information content (AvgIpc) is 3.13. The minimum atomic E-state index is 0.0392. The van der Waals surface area contributed by atoms with Crippen LogP contribution in [0, 0.1) is 5.92 Å². The summed E-state index contributed by atoms with van der Waals surface area (Å²) in [6.45, 7) is 6.57. The van der Waals surface area contributed by atoms with Crippen LogP contribution in [0.15, 0.2) is 40.1 Å². The Morgan fingerprint density at radius 3 is 2.85 bits per heavy atom. The van der Waals surface area contributed by atoms with Crippen molar-refractivity contribution >= 4 is 16.8 Å². The Balaban J connectivity index is 1.43. The molecule has 4 heterocycles. The predicted molar refractivity (Wildman–Crippen MR) is 99.3 cm³/mol. The van der Waals surface area contributed by atoms with Crippen molar-refractivity contribution in [2.45, 2.75) is 39.2 Å². The summed E-state index contributed by atoms with van der Waals surface area (Å²) in [7, 11) is 0. The zero-order valence-corrected chi connectivity index (χ0v) is 15.1. The summed E-state index contributed by atoms with van der Waals surface area (Å²) in [4.78, 5) is 18.9. The van der Waals surface area contributed by atoms with Gasteiger partial charge in [-0.1, -0.05) is 13.8 Å². The normalized spacial score (nSPS) is 15.9. The molecule has 3 aromatic rings. The lowest BCUT2D eigenvalue weighted by molar-refractivity contribution is 0.349. The van der Waals surface area contributed by atoms with Gasteiger partial charge in [-0.05, 0) is 30.7 Å². The third kappa shape index (κ3) is 3.21. The number of hydrogen-bond donors (Lipinski definition) is 0. The highest BCUT2D eigenvalue weighted by atomic mass is 16.3. The Labute approximate surface area is 151 Å². The Bertz CT molecular complexity index is 954. The molecule has 1 fully saturated rings. The van der Waals surface area contributed by atoms with Gasteiger partial charge in [-0.3, -0.25) is 9.36 Å². The average molecular weight is 353 g/mol. The van der Waals surface area contributed by atoms with Crippen LogP contribution in [0.4, 0.5) is 5.82 Å². The Hall–Kier alpha value is -2.70. The molecule has 3 aromatic heterocycles. The lowest BCUT2D eigenvalue weighted by Crippen LogP contribution is -2.37. The van der Waals surface area contributed by atoms with Gasteiger partial charge >= 0.3 is 0 Å². The highest BCUT2D eigenvalue weighted by molar-refractivity contribution is 5.86. The molecule has 4 rings (SSSR count). The van der Waals surface area contributed by atoms with Crippen molar-refractivity contribution in [1.82, 2.24) is 19.7 Å². The SMILES string of the molecule is CC(C)c1cc(=O)n(CC2CCN(c3nncc4ccoc34)CC2)cn1. The molecule has 0 aliphatic carbocycles. The van der Waals surface area contributed by atoms with E-state index in [1.807, 2.05) is 19.9 Å². The molecule has 0 spiro atoms. The van der Waals surface area contributed by atoms with Crippen molar-refractivity contribution in [3.63, 3.8) is 0 Å². The topological polar surface area (TPSA) is 77.0 Å². The molecule has 0 aromatic carbocycles. The summed E-state index contributed by atoms with van der Waals surface area (Å²) in [5.41, 5.74) is 1.69. The van der Waals surface area contributed by atoms with Gasteiger partial charge in [0.25, 0.3) is 5.56 Å². The zero-order valence-electron chi connectivity index (χ0n) is 15.1. The van der Waals surface area contributed by atoms with Gasteiger partial charge in [0.15, 0.2) is 11.4 Å². The summed E-state index contributed by atoms with van der Waals surface area (Å²) in [5.74, 6) is 1.54. The molecular weight excluding hydrogens is 330 g/mol. The maximum absolute atomic E-state index is 12.3. The molecule has 0 saturated carbocycles. The Morgan fingerprint density at radius 1 is 1.31 bits per heavy atom. The second-order valence-electron chi connectivity index (χ2n) is 7.26. The highest BCUT2D eigenvalue weighted by Gasteiger charge is 2.23. The fourth-order valence-electron chi connectivity index (χ4n) is 3.50. The number of rotatable bonds is 4. The van der Waals surface area contributed by atoms with Gasteiger partial charge in [-0.2, -0.15) is 5.10 Å². The van der Waals surface area contributed by atoms with Gasteiger partial charge < -0.3 is 9.32 Å². The first-order valence-electron chi connectivity index (χ1n) is 9.12. The fourth-order valence-corrected chi connectivity index (χ4v) is 3.50. The van der Waals surface area contributed by atoms with Gasteiger partial charge in [0.1, 0.15) is 0 Å². The summed E-state index contributed by atoms with van der Waals surface area (Å²) in [6, 6.07) is 3.56. The summed E-state index contributed by atoms with van der Waals surface area (Å²) >= 11 is 0. The molecular formula is C19H23N5O2. The summed E-state index contributed by atoms with van der Waals surface area (Å²) in [5, 5.41) is 9.32. The van der Waals surface area contributed by atoms with Crippen LogP contribution >= 0.6 is 0 Å². The Kier molecular flexibility index (Phi) is 4.44. The van der Waals surface area contributed by atoms with E-state index in [-0.39, 0.29) is 11.5 Å². The second-order valence-corrected chi connectivity index (χ2v) is 7.26. The first-order valence-corrected chi connectivity index (χ1v) is 9.12. The van der Waals surface area contributed by atoms with Gasteiger partial charge in [-0.15, -0.1) is 5.10 Å². The third-order valence-corrected chi connectivity index (χ3v) is 5.11. The molecule has 7 nitrogen and oxygen atoms in total. The zero-order chi connectivity index (χ0) is 18.1. The van der Waals surface area contributed by atoms with Crippen LogP contribution in [0.5, 0.6) is 0 Å². The van der Waals surface area contributed by atoms with E-state index in [0.717, 1.165) is 48.4 Å². The van der Waals surface area contributed by atoms with E-state index in [2.05, 4.69) is 20.1 Å². The van der Waals surface area contributed by atoms with Crippen molar-refractivity contribution in [3.05, 3.63) is 47.0 Å². The summed E-state index contributed by atoms with van der Waals surface area (Å²) < 4.78 is 7.31. The highest BCUT2D eigenvalue weighted by Crippen LogP contribution is 2.28. The van der Waals surface area contributed by atoms with Crippen LogP contribution in [0.3, 0.4) is 0 Å². The molecule has 1 saturated heterocycles. The van der Waals surface area contributed by atoms with Crippen molar-refractivity contribution in [1.29, 1.82) is 0 Å². The standard InChI is InChI=1S/C19H23N5O2/c1-13(2)16-9-17(25)24(12-20-16)11-14-3-6-23(7-4-14)19-18-15(5-8-26-18)10-21-22-19/h5,8-10,12-14H,3-4,6-7,11H2,1-2H3. The van der Waals surface area contributed by atoms with E-state index in [9.17, 15) is 4.79 Å². The molecule has 0 N–H and O–H groups in total. The van der Waals surface area contributed by atoms with Crippen molar-refractivity contribution in [2.75, 3.05) is 18.0 Å². The van der Waals surface area contributed by atoms with E-state index >= 15 is 0 Å². The fraction of sp³-hybridized carbons (Fsp3) is 0.474. The predicted octanol–water partition coefficient (Wildman–Crippen LogP) is 2.82. The smallest absolute Gasteiger partial charge is 0.253 e. The number of anilines is 1. The second kappa shape index (κ2) is 6.90. The number of hydrogen-bond acceptors (Lipinski definition) is 6. The first kappa shape index (κ1) is 16.8. The first-order chi connectivity index (χ1) is 12.6. The van der Waals surface area contributed by atoms with Crippen LogP contribution in [0.1, 0.15) is 38.3 Å². The van der Waals surface area contributed by atoms with E-state index in [4.69, 9.17) is 4.42 Å². The number of aromatic nitrogens is 4. The lowest BCUT2D eigenvalue weighted by Gasteiger charge is -2.32. The van der Waals surface area contributed by atoms with E-state index in [1.165, 1.54) is 0 Å². The summed E-state index contributed by atoms with van der Waals surface area (Å²) in [6.07, 6.45) is 7.08. The molecule has 0 unspecified atom stereocenters. The van der Waals surface area contributed by atoms with Gasteiger partial charge in [-0.25, -0.2) is 4.98 Å². The Morgan fingerprint density at radius 2 is 2.12 bits per heavy atom. The number of piperidine rings is 1. The number of nitrogens with zero attached hydrogens (tertiary/aromatic N) is 5. The van der Waals surface area contributed by atoms with Crippen molar-refractivity contribution in [3.8, 4) is 0 Å². The van der Waals surface area contributed by atoms with E-state index < -0.39 is 0 Å². The molecule has 26 heavy (non-hydrogen) atoms. The van der Waals surface area contributed by atoms with Crippen molar-refractivity contribution < 1.29 is 4.42 Å². The molecule has 1 aliphatic rings. The maximum Gasteiger partial charge on any atom is 0.253 e.